The number of rotatable bonds is 4. The van der Waals surface area contributed by atoms with Gasteiger partial charge in [0.1, 0.15) is 0 Å². The Morgan fingerprint density at radius 2 is 2.05 bits per heavy atom. The zero-order chi connectivity index (χ0) is 13.1. The Kier molecular flexibility index (Phi) is 3.69. The zero-order valence-electron chi connectivity index (χ0n) is 11.3. The van der Waals surface area contributed by atoms with E-state index in [1.54, 1.807) is 0 Å². The Labute approximate surface area is 114 Å². The van der Waals surface area contributed by atoms with Gasteiger partial charge < -0.3 is 10.2 Å². The van der Waals surface area contributed by atoms with Gasteiger partial charge >= 0.3 is 0 Å². The summed E-state index contributed by atoms with van der Waals surface area (Å²) in [6.07, 6.45) is 3.22. The molecule has 1 aromatic rings. The molecular weight excluding hydrogens is 238 g/mol. The van der Waals surface area contributed by atoms with Crippen LogP contribution in [0.4, 0.5) is 5.69 Å². The number of carbonyl (C=O) groups is 1. The van der Waals surface area contributed by atoms with Crippen LogP contribution in [0.25, 0.3) is 0 Å². The minimum atomic E-state index is 0.873. The largest absolute Gasteiger partial charge is 0.384 e. The third kappa shape index (κ3) is 2.89. The second-order valence-electron chi connectivity index (χ2n) is 5.40. The molecule has 4 heteroatoms. The molecule has 0 unspecified atom stereocenters. The molecule has 2 aliphatic rings. The molecule has 3 rings (SSSR count). The summed E-state index contributed by atoms with van der Waals surface area (Å²) < 4.78 is 0. The summed E-state index contributed by atoms with van der Waals surface area (Å²) in [5.41, 5.74) is 4.20. The Bertz CT molecular complexity index is 453. The van der Waals surface area contributed by atoms with E-state index in [9.17, 15) is 4.79 Å². The fourth-order valence-corrected chi connectivity index (χ4v) is 2.89. The summed E-state index contributed by atoms with van der Waals surface area (Å²) in [5, 5.41) is 3.40. The lowest BCUT2D eigenvalue weighted by Gasteiger charge is -2.32. The summed E-state index contributed by atoms with van der Waals surface area (Å²) in [4.78, 5) is 15.0. The predicted octanol–water partition coefficient (Wildman–Crippen LogP) is 0.971. The number of anilines is 1. The number of fused-ring (bicyclic) bond motifs is 1. The Hall–Kier alpha value is -1.55. The van der Waals surface area contributed by atoms with Crippen molar-refractivity contribution in [3.8, 4) is 0 Å². The first-order valence-corrected chi connectivity index (χ1v) is 7.12. The molecule has 2 aliphatic heterocycles. The van der Waals surface area contributed by atoms with Gasteiger partial charge in [0.05, 0.1) is 0 Å². The number of amides is 1. The number of hydrogen-bond acceptors (Lipinski definition) is 3. The first-order valence-electron chi connectivity index (χ1n) is 7.12. The molecule has 0 radical (unpaired) electrons. The van der Waals surface area contributed by atoms with Crippen molar-refractivity contribution in [2.75, 3.05) is 44.6 Å². The molecule has 4 nitrogen and oxygen atoms in total. The Morgan fingerprint density at radius 1 is 1.21 bits per heavy atom. The molecule has 0 aliphatic carbocycles. The number of nitrogens with one attached hydrogen (secondary N) is 1. The fourth-order valence-electron chi connectivity index (χ4n) is 2.89. The van der Waals surface area contributed by atoms with Crippen LogP contribution >= 0.6 is 0 Å². The Morgan fingerprint density at radius 3 is 2.84 bits per heavy atom. The molecule has 102 valence electrons. The monoisotopic (exact) mass is 259 g/mol. The van der Waals surface area contributed by atoms with E-state index in [0.717, 1.165) is 58.5 Å². The average Bonchev–Trinajstić information content (AvgIpc) is 2.93. The van der Waals surface area contributed by atoms with Crippen LogP contribution in [0.5, 0.6) is 0 Å². The van der Waals surface area contributed by atoms with Crippen molar-refractivity contribution in [2.24, 2.45) is 0 Å². The maximum Gasteiger partial charge on any atom is 0.209 e. The molecule has 1 saturated heterocycles. The van der Waals surface area contributed by atoms with E-state index in [2.05, 4.69) is 28.4 Å². The van der Waals surface area contributed by atoms with Crippen molar-refractivity contribution in [1.82, 2.24) is 9.80 Å². The Balaban J connectivity index is 1.51. The molecule has 1 N–H and O–H groups in total. The van der Waals surface area contributed by atoms with Gasteiger partial charge in [-0.15, -0.1) is 0 Å². The maximum atomic E-state index is 10.7. The first-order chi connectivity index (χ1) is 9.35. The van der Waals surface area contributed by atoms with Crippen molar-refractivity contribution in [1.29, 1.82) is 0 Å². The quantitative estimate of drug-likeness (QED) is 0.819. The molecule has 1 amide bonds. The van der Waals surface area contributed by atoms with Gasteiger partial charge in [0.2, 0.25) is 6.41 Å². The number of carbonyl (C=O) groups excluding carboxylic acids is 1. The molecule has 1 fully saturated rings. The van der Waals surface area contributed by atoms with Gasteiger partial charge in [0, 0.05) is 45.0 Å². The van der Waals surface area contributed by atoms with Gasteiger partial charge in [0.25, 0.3) is 0 Å². The minimum absolute atomic E-state index is 0.873. The highest BCUT2D eigenvalue weighted by atomic mass is 16.1. The number of nitrogens with zero attached hydrogens (tertiary/aromatic N) is 2. The summed E-state index contributed by atoms with van der Waals surface area (Å²) >= 11 is 0. The predicted molar refractivity (Wildman–Crippen MR) is 76.4 cm³/mol. The maximum absolute atomic E-state index is 10.7. The summed E-state index contributed by atoms with van der Waals surface area (Å²) in [7, 11) is 0. The minimum Gasteiger partial charge on any atom is -0.384 e. The van der Waals surface area contributed by atoms with Crippen LogP contribution in [0.2, 0.25) is 0 Å². The van der Waals surface area contributed by atoms with Crippen LogP contribution in [0.15, 0.2) is 18.2 Å². The van der Waals surface area contributed by atoms with Crippen LogP contribution in [0, 0.1) is 0 Å². The van der Waals surface area contributed by atoms with E-state index in [4.69, 9.17) is 0 Å². The second-order valence-corrected chi connectivity index (χ2v) is 5.40. The highest BCUT2D eigenvalue weighted by Crippen LogP contribution is 2.23. The van der Waals surface area contributed by atoms with Crippen molar-refractivity contribution in [2.45, 2.75) is 12.8 Å². The van der Waals surface area contributed by atoms with Crippen molar-refractivity contribution in [3.63, 3.8) is 0 Å². The van der Waals surface area contributed by atoms with Crippen LogP contribution in [0.3, 0.4) is 0 Å². The topological polar surface area (TPSA) is 35.6 Å². The zero-order valence-corrected chi connectivity index (χ0v) is 11.3. The fraction of sp³-hybridized carbons (Fsp3) is 0.533. The smallest absolute Gasteiger partial charge is 0.209 e. The van der Waals surface area contributed by atoms with Gasteiger partial charge in [-0.25, -0.2) is 0 Å². The van der Waals surface area contributed by atoms with Crippen molar-refractivity contribution < 1.29 is 4.79 Å². The summed E-state index contributed by atoms with van der Waals surface area (Å²) in [6, 6.07) is 6.79. The molecule has 2 heterocycles. The number of piperazine rings is 1. The van der Waals surface area contributed by atoms with Crippen LogP contribution in [-0.2, 0) is 17.6 Å². The second kappa shape index (κ2) is 5.61. The van der Waals surface area contributed by atoms with E-state index in [1.807, 2.05) is 4.90 Å². The normalized spacial score (nSPS) is 19.1. The summed E-state index contributed by atoms with van der Waals surface area (Å²) in [6.45, 7) is 5.93. The number of hydrogen-bond donors (Lipinski definition) is 1. The van der Waals surface area contributed by atoms with Gasteiger partial charge in [-0.2, -0.15) is 0 Å². The van der Waals surface area contributed by atoms with Crippen LogP contribution < -0.4 is 5.32 Å². The molecule has 1 aromatic carbocycles. The van der Waals surface area contributed by atoms with E-state index in [-0.39, 0.29) is 0 Å². The van der Waals surface area contributed by atoms with E-state index < -0.39 is 0 Å². The lowest BCUT2D eigenvalue weighted by atomic mass is 10.1. The SMILES string of the molecule is O=CN1CCN(CCc2ccc3c(c2)CCN3)CC1. The summed E-state index contributed by atoms with van der Waals surface area (Å²) in [5.74, 6) is 0. The van der Waals surface area contributed by atoms with Gasteiger partial charge in [-0.1, -0.05) is 12.1 Å². The molecule has 0 spiro atoms. The van der Waals surface area contributed by atoms with Gasteiger partial charge in [-0.3, -0.25) is 9.69 Å². The van der Waals surface area contributed by atoms with Gasteiger partial charge in [-0.05, 0) is 30.0 Å². The average molecular weight is 259 g/mol. The van der Waals surface area contributed by atoms with E-state index in [0.29, 0.717) is 0 Å². The number of benzene rings is 1. The lowest BCUT2D eigenvalue weighted by Crippen LogP contribution is -2.46. The van der Waals surface area contributed by atoms with Crippen molar-refractivity contribution >= 4 is 12.1 Å². The lowest BCUT2D eigenvalue weighted by molar-refractivity contribution is -0.119. The molecule has 0 atom stereocenters. The standard InChI is InChI=1S/C15H21N3O/c19-12-18-9-7-17(8-10-18)6-4-13-1-2-15-14(11-13)3-5-16-15/h1-2,11-12,16H,3-10H2. The molecule has 0 aromatic heterocycles. The van der Waals surface area contributed by atoms with Crippen LogP contribution in [0.1, 0.15) is 11.1 Å². The highest BCUT2D eigenvalue weighted by molar-refractivity contribution is 5.56. The van der Waals surface area contributed by atoms with E-state index >= 15 is 0 Å². The molecule has 19 heavy (non-hydrogen) atoms. The van der Waals surface area contributed by atoms with Gasteiger partial charge in [0.15, 0.2) is 0 Å². The molecule has 0 bridgehead atoms. The first kappa shape index (κ1) is 12.5. The third-order valence-electron chi connectivity index (χ3n) is 4.15. The highest BCUT2D eigenvalue weighted by Gasteiger charge is 2.15. The van der Waals surface area contributed by atoms with E-state index in [1.165, 1.54) is 16.8 Å². The van der Waals surface area contributed by atoms with Crippen molar-refractivity contribution in [3.05, 3.63) is 29.3 Å². The van der Waals surface area contributed by atoms with Crippen LogP contribution in [-0.4, -0.2) is 55.5 Å². The molecule has 0 saturated carbocycles. The molecular formula is C15H21N3O. The third-order valence-corrected chi connectivity index (χ3v) is 4.15.